The third-order valence-electron chi connectivity index (χ3n) is 6.36. The van der Waals surface area contributed by atoms with Crippen LogP contribution in [0.15, 0.2) is 72.3 Å². The van der Waals surface area contributed by atoms with Crippen molar-refractivity contribution in [1.29, 1.82) is 0 Å². The summed E-state index contributed by atoms with van der Waals surface area (Å²) in [6.45, 7) is 7.97. The molecule has 1 fully saturated rings. The molecule has 174 valence electrons. The van der Waals surface area contributed by atoms with E-state index in [9.17, 15) is 14.7 Å². The minimum atomic E-state index is -0.742. The molecule has 0 bridgehead atoms. The molecule has 5 heteroatoms. The number of carbonyl (C=O) groups is 2. The van der Waals surface area contributed by atoms with E-state index in [4.69, 9.17) is 4.74 Å². The number of carbonyl (C=O) groups excluding carboxylic acids is 2. The minimum Gasteiger partial charge on any atom is -0.507 e. The molecule has 0 aliphatic carbocycles. The number of aliphatic hydroxyl groups excluding tert-OH is 1. The first-order valence-electron chi connectivity index (χ1n) is 11.4. The Kier molecular flexibility index (Phi) is 6.29. The molecule has 5 nitrogen and oxygen atoms in total. The highest BCUT2D eigenvalue weighted by molar-refractivity contribution is 6.51. The van der Waals surface area contributed by atoms with Crippen molar-refractivity contribution in [3.63, 3.8) is 0 Å². The summed E-state index contributed by atoms with van der Waals surface area (Å²) in [7, 11) is 1.60. The van der Waals surface area contributed by atoms with Crippen molar-refractivity contribution in [1.82, 2.24) is 0 Å². The Hall–Kier alpha value is -3.86. The van der Waals surface area contributed by atoms with Gasteiger partial charge in [0.05, 0.1) is 18.7 Å². The van der Waals surface area contributed by atoms with E-state index >= 15 is 0 Å². The van der Waals surface area contributed by atoms with Crippen molar-refractivity contribution in [3.05, 3.63) is 100 Å². The zero-order valence-electron chi connectivity index (χ0n) is 20.1. The molecule has 3 aromatic rings. The van der Waals surface area contributed by atoms with Crippen LogP contribution in [0.5, 0.6) is 5.75 Å². The molecule has 34 heavy (non-hydrogen) atoms. The normalized spacial score (nSPS) is 17.5. The van der Waals surface area contributed by atoms with E-state index in [1.165, 1.54) is 4.90 Å². The van der Waals surface area contributed by atoms with E-state index in [1.54, 1.807) is 19.2 Å². The summed E-state index contributed by atoms with van der Waals surface area (Å²) in [4.78, 5) is 28.2. The zero-order chi connectivity index (χ0) is 24.6. The Morgan fingerprint density at radius 1 is 0.971 bits per heavy atom. The number of aryl methyl sites for hydroxylation is 2. The standard InChI is InChI=1S/C29H29NO4/c1-17(2)23-16-20(12-15-24(23)34-5)27(31)25-26(22-9-7-6-8-19(22)4)30(29(33)28(25)32)21-13-10-18(3)11-14-21/h6-17,26,31H,1-5H3/b27-25+. The van der Waals surface area contributed by atoms with Crippen LogP contribution >= 0.6 is 0 Å². The highest BCUT2D eigenvalue weighted by Crippen LogP contribution is 2.43. The summed E-state index contributed by atoms with van der Waals surface area (Å²) in [5.74, 6) is -0.692. The predicted molar refractivity (Wildman–Crippen MR) is 134 cm³/mol. The van der Waals surface area contributed by atoms with Crippen molar-refractivity contribution in [2.24, 2.45) is 0 Å². The number of aliphatic hydroxyl groups is 1. The van der Waals surface area contributed by atoms with Crippen LogP contribution in [0.1, 0.15) is 53.6 Å². The number of hydrogen-bond acceptors (Lipinski definition) is 4. The van der Waals surface area contributed by atoms with Gasteiger partial charge in [0.25, 0.3) is 11.7 Å². The second-order valence-electron chi connectivity index (χ2n) is 8.97. The number of rotatable bonds is 5. The van der Waals surface area contributed by atoms with Crippen LogP contribution in [0.4, 0.5) is 5.69 Å². The topological polar surface area (TPSA) is 66.8 Å². The number of hydrogen-bond donors (Lipinski definition) is 1. The summed E-state index contributed by atoms with van der Waals surface area (Å²) in [6, 6.07) is 19.7. The maximum absolute atomic E-state index is 13.4. The second kappa shape index (κ2) is 9.18. The van der Waals surface area contributed by atoms with Gasteiger partial charge >= 0.3 is 0 Å². The van der Waals surface area contributed by atoms with Gasteiger partial charge in [-0.25, -0.2) is 0 Å². The number of ketones is 1. The molecule has 1 saturated heterocycles. The molecule has 1 atom stereocenters. The van der Waals surface area contributed by atoms with Crippen molar-refractivity contribution >= 4 is 23.1 Å². The largest absolute Gasteiger partial charge is 0.507 e. The van der Waals surface area contributed by atoms with Crippen LogP contribution in [0.25, 0.3) is 5.76 Å². The van der Waals surface area contributed by atoms with Gasteiger partial charge in [0, 0.05) is 11.3 Å². The summed E-state index contributed by atoms with van der Waals surface area (Å²) in [5, 5.41) is 11.4. The first kappa shape index (κ1) is 23.3. The first-order chi connectivity index (χ1) is 16.2. The third-order valence-corrected chi connectivity index (χ3v) is 6.36. The summed E-state index contributed by atoms with van der Waals surface area (Å²) < 4.78 is 5.47. The van der Waals surface area contributed by atoms with Gasteiger partial charge in [-0.15, -0.1) is 0 Å². The van der Waals surface area contributed by atoms with Crippen LogP contribution in [0.3, 0.4) is 0 Å². The second-order valence-corrected chi connectivity index (χ2v) is 8.97. The fraction of sp³-hybridized carbons (Fsp3) is 0.241. The van der Waals surface area contributed by atoms with E-state index in [-0.39, 0.29) is 17.3 Å². The summed E-state index contributed by atoms with van der Waals surface area (Å²) >= 11 is 0. The molecule has 1 aliphatic rings. The quantitative estimate of drug-likeness (QED) is 0.288. The van der Waals surface area contributed by atoms with Gasteiger partial charge in [0.15, 0.2) is 0 Å². The van der Waals surface area contributed by atoms with E-state index < -0.39 is 17.7 Å². The van der Waals surface area contributed by atoms with Crippen LogP contribution in [-0.2, 0) is 9.59 Å². The minimum absolute atomic E-state index is 0.0831. The number of benzene rings is 3. The molecule has 1 amide bonds. The van der Waals surface area contributed by atoms with Crippen LogP contribution in [-0.4, -0.2) is 23.9 Å². The lowest BCUT2D eigenvalue weighted by Crippen LogP contribution is -2.29. The van der Waals surface area contributed by atoms with Gasteiger partial charge in [0.2, 0.25) is 0 Å². The highest BCUT2D eigenvalue weighted by atomic mass is 16.5. The molecule has 1 aliphatic heterocycles. The van der Waals surface area contributed by atoms with E-state index in [0.717, 1.165) is 22.3 Å². The number of nitrogens with zero attached hydrogens (tertiary/aromatic N) is 1. The monoisotopic (exact) mass is 455 g/mol. The van der Waals surface area contributed by atoms with E-state index in [0.29, 0.717) is 17.0 Å². The molecule has 4 rings (SSSR count). The van der Waals surface area contributed by atoms with Gasteiger partial charge in [-0.3, -0.25) is 14.5 Å². The number of amides is 1. The van der Waals surface area contributed by atoms with Crippen molar-refractivity contribution in [3.8, 4) is 5.75 Å². The van der Waals surface area contributed by atoms with Crippen molar-refractivity contribution in [2.75, 3.05) is 12.0 Å². The van der Waals surface area contributed by atoms with Gasteiger partial charge < -0.3 is 9.84 Å². The Labute approximate surface area is 200 Å². The molecule has 0 aromatic heterocycles. The Morgan fingerprint density at radius 2 is 1.65 bits per heavy atom. The SMILES string of the molecule is COc1ccc(/C(O)=C2\C(=O)C(=O)N(c3ccc(C)cc3)C2c2ccccc2C)cc1C(C)C. The fourth-order valence-electron chi connectivity index (χ4n) is 4.48. The zero-order valence-corrected chi connectivity index (χ0v) is 20.1. The van der Waals surface area contributed by atoms with Crippen LogP contribution in [0, 0.1) is 13.8 Å². The van der Waals surface area contributed by atoms with E-state index in [1.807, 2.05) is 82.3 Å². The van der Waals surface area contributed by atoms with E-state index in [2.05, 4.69) is 0 Å². The average Bonchev–Trinajstić information content (AvgIpc) is 3.09. The van der Waals surface area contributed by atoms with Crippen LogP contribution in [0.2, 0.25) is 0 Å². The number of ether oxygens (including phenoxy) is 1. The molecule has 1 N–H and O–H groups in total. The Balaban J connectivity index is 1.96. The van der Waals surface area contributed by atoms with Crippen molar-refractivity contribution in [2.45, 2.75) is 39.7 Å². The molecule has 0 spiro atoms. The lowest BCUT2D eigenvalue weighted by Gasteiger charge is -2.27. The number of Topliss-reactive ketones (excluding diaryl/α,β-unsaturated/α-hetero) is 1. The highest BCUT2D eigenvalue weighted by Gasteiger charge is 2.47. The molecule has 3 aromatic carbocycles. The average molecular weight is 456 g/mol. The lowest BCUT2D eigenvalue weighted by molar-refractivity contribution is -0.132. The number of methoxy groups -OCH3 is 1. The first-order valence-corrected chi connectivity index (χ1v) is 11.4. The van der Waals surface area contributed by atoms with Crippen molar-refractivity contribution < 1.29 is 19.4 Å². The number of anilines is 1. The van der Waals surface area contributed by atoms with Gasteiger partial charge in [0.1, 0.15) is 11.5 Å². The molecular formula is C29H29NO4. The Bertz CT molecular complexity index is 1290. The molecule has 0 saturated carbocycles. The van der Waals surface area contributed by atoms with Gasteiger partial charge in [-0.05, 0) is 66.8 Å². The predicted octanol–water partition coefficient (Wildman–Crippen LogP) is 6.06. The third kappa shape index (κ3) is 3.98. The maximum Gasteiger partial charge on any atom is 0.300 e. The summed E-state index contributed by atoms with van der Waals surface area (Å²) in [6.07, 6.45) is 0. The van der Waals surface area contributed by atoms with Gasteiger partial charge in [-0.2, -0.15) is 0 Å². The maximum atomic E-state index is 13.4. The molecule has 0 radical (unpaired) electrons. The summed E-state index contributed by atoms with van der Waals surface area (Å²) in [5.41, 5.74) is 4.85. The Morgan fingerprint density at radius 3 is 2.26 bits per heavy atom. The smallest absolute Gasteiger partial charge is 0.300 e. The molecular weight excluding hydrogens is 426 g/mol. The molecule has 1 unspecified atom stereocenters. The fourth-order valence-corrected chi connectivity index (χ4v) is 4.48. The van der Waals surface area contributed by atoms with Gasteiger partial charge in [-0.1, -0.05) is 55.8 Å². The lowest BCUT2D eigenvalue weighted by atomic mass is 9.91. The molecule has 1 heterocycles. The van der Waals surface area contributed by atoms with Crippen LogP contribution < -0.4 is 9.64 Å².